The van der Waals surface area contributed by atoms with Gasteiger partial charge in [-0.05, 0) is 12.3 Å². The van der Waals surface area contributed by atoms with Gasteiger partial charge in [0.15, 0.2) is 5.96 Å². The number of aliphatic imine (C=N–C) groups is 1. The van der Waals surface area contributed by atoms with Crippen LogP contribution in [0.15, 0.2) is 4.99 Å². The highest BCUT2D eigenvalue weighted by Gasteiger charge is 2.24. The van der Waals surface area contributed by atoms with Gasteiger partial charge < -0.3 is 15.0 Å². The number of ether oxygens (including phenoxy) is 1. The fraction of sp³-hybridized carbons (Fsp3) is 0.917. The number of methoxy groups -OCH3 is 1. The van der Waals surface area contributed by atoms with E-state index in [4.69, 9.17) is 4.74 Å². The zero-order valence-corrected chi connectivity index (χ0v) is 13.7. The molecular weight excluding hydrogens is 329 g/mol. The molecule has 0 spiro atoms. The van der Waals surface area contributed by atoms with E-state index in [1.807, 2.05) is 7.05 Å². The van der Waals surface area contributed by atoms with Crippen LogP contribution in [0.1, 0.15) is 20.3 Å². The van der Waals surface area contributed by atoms with Crippen molar-refractivity contribution in [2.45, 2.75) is 20.3 Å². The van der Waals surface area contributed by atoms with E-state index in [1.54, 1.807) is 7.11 Å². The molecule has 1 aliphatic heterocycles. The van der Waals surface area contributed by atoms with Crippen LogP contribution >= 0.6 is 24.0 Å². The molecule has 0 amide bonds. The molecule has 1 aliphatic rings. The van der Waals surface area contributed by atoms with E-state index in [9.17, 15) is 0 Å². The second kappa shape index (κ2) is 8.97. The van der Waals surface area contributed by atoms with E-state index < -0.39 is 0 Å². The van der Waals surface area contributed by atoms with Crippen LogP contribution in [0.25, 0.3) is 0 Å². The van der Waals surface area contributed by atoms with E-state index in [1.165, 1.54) is 6.42 Å². The Morgan fingerprint density at radius 1 is 1.53 bits per heavy atom. The van der Waals surface area contributed by atoms with Gasteiger partial charge in [-0.25, -0.2) is 0 Å². The molecule has 1 rings (SSSR count). The van der Waals surface area contributed by atoms with E-state index >= 15 is 0 Å². The summed E-state index contributed by atoms with van der Waals surface area (Å²) in [4.78, 5) is 6.65. The van der Waals surface area contributed by atoms with E-state index in [-0.39, 0.29) is 24.0 Å². The van der Waals surface area contributed by atoms with Crippen LogP contribution in [0.5, 0.6) is 0 Å². The van der Waals surface area contributed by atoms with E-state index in [0.29, 0.717) is 11.8 Å². The SMILES string of the molecule is CN=C(NCC(C)C)N1CCC(COC)C1.I. The number of nitrogens with one attached hydrogen (secondary N) is 1. The van der Waals surface area contributed by atoms with Crippen molar-refractivity contribution < 1.29 is 4.74 Å². The maximum Gasteiger partial charge on any atom is 0.193 e. The van der Waals surface area contributed by atoms with Gasteiger partial charge in [-0.15, -0.1) is 24.0 Å². The standard InChI is InChI=1S/C12H25N3O.HI/c1-10(2)7-14-12(13-3)15-6-5-11(8-15)9-16-4;/h10-11H,5-9H2,1-4H3,(H,13,14);1H. The Labute approximate surface area is 122 Å². The fourth-order valence-electron chi connectivity index (χ4n) is 2.02. The molecule has 1 fully saturated rings. The first-order valence-corrected chi connectivity index (χ1v) is 6.12. The van der Waals surface area contributed by atoms with Crippen molar-refractivity contribution in [3.63, 3.8) is 0 Å². The number of hydrogen-bond donors (Lipinski definition) is 1. The second-order valence-electron chi connectivity index (χ2n) is 4.88. The highest BCUT2D eigenvalue weighted by Crippen LogP contribution is 2.16. The van der Waals surface area contributed by atoms with Gasteiger partial charge in [-0.3, -0.25) is 4.99 Å². The predicted molar refractivity (Wildman–Crippen MR) is 83.2 cm³/mol. The lowest BCUT2D eigenvalue weighted by molar-refractivity contribution is 0.157. The lowest BCUT2D eigenvalue weighted by Crippen LogP contribution is -2.41. The second-order valence-corrected chi connectivity index (χ2v) is 4.88. The summed E-state index contributed by atoms with van der Waals surface area (Å²) < 4.78 is 5.20. The Morgan fingerprint density at radius 2 is 2.24 bits per heavy atom. The summed E-state index contributed by atoms with van der Waals surface area (Å²) in [5.41, 5.74) is 0. The molecule has 102 valence electrons. The van der Waals surface area contributed by atoms with Crippen molar-refractivity contribution in [3.05, 3.63) is 0 Å². The number of halogens is 1. The molecule has 4 nitrogen and oxygen atoms in total. The average Bonchev–Trinajstić information content (AvgIpc) is 2.68. The Morgan fingerprint density at radius 3 is 2.76 bits per heavy atom. The van der Waals surface area contributed by atoms with Gasteiger partial charge in [0.1, 0.15) is 0 Å². The number of guanidine groups is 1. The minimum Gasteiger partial charge on any atom is -0.384 e. The molecule has 5 heteroatoms. The molecule has 1 saturated heterocycles. The number of likely N-dealkylation sites (tertiary alicyclic amines) is 1. The Balaban J connectivity index is 0.00000256. The normalized spacial score (nSPS) is 20.6. The minimum atomic E-state index is 0. The Hall–Kier alpha value is -0.0400. The molecule has 0 saturated carbocycles. The fourth-order valence-corrected chi connectivity index (χ4v) is 2.02. The maximum absolute atomic E-state index is 5.20. The molecule has 0 aliphatic carbocycles. The highest BCUT2D eigenvalue weighted by atomic mass is 127. The molecule has 1 N–H and O–H groups in total. The first-order valence-electron chi connectivity index (χ1n) is 6.12. The van der Waals surface area contributed by atoms with Gasteiger partial charge in [-0.1, -0.05) is 13.8 Å². The average molecular weight is 355 g/mol. The van der Waals surface area contributed by atoms with Crippen LogP contribution in [0.4, 0.5) is 0 Å². The summed E-state index contributed by atoms with van der Waals surface area (Å²) in [5, 5.41) is 3.41. The minimum absolute atomic E-state index is 0. The van der Waals surface area contributed by atoms with Gasteiger partial charge in [0.2, 0.25) is 0 Å². The van der Waals surface area contributed by atoms with Crippen LogP contribution in [-0.2, 0) is 4.74 Å². The van der Waals surface area contributed by atoms with Crippen molar-refractivity contribution in [3.8, 4) is 0 Å². The smallest absolute Gasteiger partial charge is 0.193 e. The number of nitrogens with zero attached hydrogens (tertiary/aromatic N) is 2. The summed E-state index contributed by atoms with van der Waals surface area (Å²) in [6, 6.07) is 0. The summed E-state index contributed by atoms with van der Waals surface area (Å²) in [5.74, 6) is 2.34. The van der Waals surface area contributed by atoms with Crippen LogP contribution in [-0.4, -0.2) is 51.3 Å². The molecule has 0 aromatic carbocycles. The maximum atomic E-state index is 5.20. The summed E-state index contributed by atoms with van der Waals surface area (Å²) in [6.45, 7) is 8.41. The third kappa shape index (κ3) is 5.90. The van der Waals surface area contributed by atoms with Gasteiger partial charge in [0, 0.05) is 39.7 Å². The molecule has 0 radical (unpaired) electrons. The molecule has 1 heterocycles. The summed E-state index contributed by atoms with van der Waals surface area (Å²) in [7, 11) is 3.63. The van der Waals surface area contributed by atoms with Gasteiger partial charge in [0.25, 0.3) is 0 Å². The Bertz CT molecular complexity index is 234. The topological polar surface area (TPSA) is 36.9 Å². The van der Waals surface area contributed by atoms with Crippen molar-refractivity contribution in [1.82, 2.24) is 10.2 Å². The molecule has 1 unspecified atom stereocenters. The quantitative estimate of drug-likeness (QED) is 0.475. The van der Waals surface area contributed by atoms with Gasteiger partial charge in [-0.2, -0.15) is 0 Å². The first kappa shape index (κ1) is 17.0. The largest absolute Gasteiger partial charge is 0.384 e. The molecule has 17 heavy (non-hydrogen) atoms. The van der Waals surface area contributed by atoms with Crippen molar-refractivity contribution in [2.24, 2.45) is 16.8 Å². The summed E-state index contributed by atoms with van der Waals surface area (Å²) in [6.07, 6.45) is 1.20. The molecule has 0 bridgehead atoms. The third-order valence-electron chi connectivity index (χ3n) is 2.87. The van der Waals surface area contributed by atoms with Crippen LogP contribution in [0, 0.1) is 11.8 Å². The lowest BCUT2D eigenvalue weighted by atomic mass is 10.1. The van der Waals surface area contributed by atoms with Crippen molar-refractivity contribution >= 4 is 29.9 Å². The zero-order valence-electron chi connectivity index (χ0n) is 11.4. The third-order valence-corrected chi connectivity index (χ3v) is 2.87. The van der Waals surface area contributed by atoms with Crippen LogP contribution < -0.4 is 5.32 Å². The van der Waals surface area contributed by atoms with Crippen molar-refractivity contribution in [1.29, 1.82) is 0 Å². The Kier molecular flexibility index (Phi) is 8.94. The van der Waals surface area contributed by atoms with E-state index in [0.717, 1.165) is 32.2 Å². The van der Waals surface area contributed by atoms with Gasteiger partial charge >= 0.3 is 0 Å². The molecule has 0 aromatic heterocycles. The van der Waals surface area contributed by atoms with E-state index in [2.05, 4.69) is 29.1 Å². The summed E-state index contributed by atoms with van der Waals surface area (Å²) >= 11 is 0. The van der Waals surface area contributed by atoms with Crippen molar-refractivity contribution in [2.75, 3.05) is 40.4 Å². The first-order chi connectivity index (χ1) is 7.67. The number of hydrogen-bond acceptors (Lipinski definition) is 2. The monoisotopic (exact) mass is 355 g/mol. The predicted octanol–water partition coefficient (Wildman–Crippen LogP) is 1.80. The molecular formula is C12H26IN3O. The highest BCUT2D eigenvalue weighted by molar-refractivity contribution is 14.0. The lowest BCUT2D eigenvalue weighted by Gasteiger charge is -2.22. The molecule has 0 aromatic rings. The molecule has 1 atom stereocenters. The zero-order chi connectivity index (χ0) is 12.0. The van der Waals surface area contributed by atoms with Crippen LogP contribution in [0.2, 0.25) is 0 Å². The van der Waals surface area contributed by atoms with Crippen LogP contribution in [0.3, 0.4) is 0 Å². The van der Waals surface area contributed by atoms with Gasteiger partial charge in [0.05, 0.1) is 6.61 Å². The number of rotatable bonds is 4.